The molecule has 0 bridgehead atoms. The lowest BCUT2D eigenvalue weighted by Gasteiger charge is -2.19. The summed E-state index contributed by atoms with van der Waals surface area (Å²) in [7, 11) is 3.89. The number of ether oxygens (including phenoxy) is 1. The van der Waals surface area contributed by atoms with Gasteiger partial charge in [-0.3, -0.25) is 0 Å². The van der Waals surface area contributed by atoms with Gasteiger partial charge in [0.05, 0.1) is 11.4 Å². The highest BCUT2D eigenvalue weighted by atomic mass is 79.9. The summed E-state index contributed by atoms with van der Waals surface area (Å²) < 4.78 is 5.05. The Labute approximate surface area is 94.5 Å². The third-order valence-corrected chi connectivity index (χ3v) is 3.11. The number of hydrogen-bond acceptors (Lipinski definition) is 3. The largest absolute Gasteiger partial charge is 0.383 e. The predicted molar refractivity (Wildman–Crippen MR) is 65.1 cm³/mol. The van der Waals surface area contributed by atoms with Crippen molar-refractivity contribution in [3.63, 3.8) is 0 Å². The minimum atomic E-state index is 0.453. The zero-order chi connectivity index (χ0) is 10.1. The first-order chi connectivity index (χ1) is 6.20. The van der Waals surface area contributed by atoms with Crippen molar-refractivity contribution < 1.29 is 4.74 Å². The number of thioether (sulfide) groups is 1. The van der Waals surface area contributed by atoms with E-state index in [9.17, 15) is 0 Å². The molecule has 13 heavy (non-hydrogen) atoms. The number of methoxy groups -OCH3 is 1. The average molecular weight is 270 g/mol. The Balaban J connectivity index is 3.32. The molecule has 0 spiro atoms. The third-order valence-electron chi connectivity index (χ3n) is 1.68. The van der Waals surface area contributed by atoms with E-state index in [1.807, 2.05) is 11.8 Å². The van der Waals surface area contributed by atoms with Crippen LogP contribution in [0.1, 0.15) is 6.92 Å². The highest BCUT2D eigenvalue weighted by molar-refractivity contribution is 9.09. The SMILES string of the molecule is CCSCCN(C)CC(Br)COC. The molecule has 0 aromatic heterocycles. The van der Waals surface area contributed by atoms with Crippen molar-refractivity contribution >= 4 is 27.7 Å². The molecule has 0 heterocycles. The quantitative estimate of drug-likeness (QED) is 0.495. The molecule has 1 atom stereocenters. The zero-order valence-electron chi connectivity index (χ0n) is 8.75. The minimum Gasteiger partial charge on any atom is -0.383 e. The van der Waals surface area contributed by atoms with Gasteiger partial charge >= 0.3 is 0 Å². The lowest BCUT2D eigenvalue weighted by molar-refractivity contribution is 0.187. The molecule has 0 N–H and O–H groups in total. The summed E-state index contributed by atoms with van der Waals surface area (Å²) in [4.78, 5) is 2.79. The second-order valence-corrected chi connectivity index (χ2v) is 5.70. The Morgan fingerprint density at radius 2 is 2.23 bits per heavy atom. The fraction of sp³-hybridized carbons (Fsp3) is 1.00. The lowest BCUT2D eigenvalue weighted by atomic mass is 10.4. The van der Waals surface area contributed by atoms with Crippen molar-refractivity contribution in [3.8, 4) is 0 Å². The highest BCUT2D eigenvalue weighted by Gasteiger charge is 2.06. The summed E-state index contributed by atoms with van der Waals surface area (Å²) >= 11 is 5.56. The van der Waals surface area contributed by atoms with Crippen LogP contribution in [0.5, 0.6) is 0 Å². The molecule has 0 aliphatic carbocycles. The van der Waals surface area contributed by atoms with E-state index in [0.717, 1.165) is 19.7 Å². The molecule has 2 nitrogen and oxygen atoms in total. The van der Waals surface area contributed by atoms with Crippen molar-refractivity contribution in [2.45, 2.75) is 11.8 Å². The van der Waals surface area contributed by atoms with Crippen LogP contribution >= 0.6 is 27.7 Å². The molecule has 4 heteroatoms. The Bertz CT molecular complexity index is 116. The van der Waals surface area contributed by atoms with Gasteiger partial charge in [0, 0.05) is 26.0 Å². The van der Waals surface area contributed by atoms with Gasteiger partial charge in [-0.05, 0) is 12.8 Å². The smallest absolute Gasteiger partial charge is 0.0600 e. The predicted octanol–water partition coefficient (Wildman–Crippen LogP) is 2.08. The lowest BCUT2D eigenvalue weighted by Crippen LogP contribution is -2.30. The van der Waals surface area contributed by atoms with Crippen LogP contribution in [0, 0.1) is 0 Å². The second-order valence-electron chi connectivity index (χ2n) is 3.01. The highest BCUT2D eigenvalue weighted by Crippen LogP contribution is 2.04. The Morgan fingerprint density at radius 3 is 2.77 bits per heavy atom. The van der Waals surface area contributed by atoms with E-state index in [0.29, 0.717) is 4.83 Å². The van der Waals surface area contributed by atoms with Gasteiger partial charge in [-0.25, -0.2) is 0 Å². The van der Waals surface area contributed by atoms with Crippen LogP contribution in [-0.2, 0) is 4.74 Å². The number of halogens is 1. The van der Waals surface area contributed by atoms with E-state index in [4.69, 9.17) is 4.74 Å². The van der Waals surface area contributed by atoms with Crippen LogP contribution in [0.15, 0.2) is 0 Å². The summed E-state index contributed by atoms with van der Waals surface area (Å²) in [5.41, 5.74) is 0. The summed E-state index contributed by atoms with van der Waals surface area (Å²) in [6.45, 7) is 5.19. The van der Waals surface area contributed by atoms with Gasteiger partial charge in [0.25, 0.3) is 0 Å². The van der Waals surface area contributed by atoms with Crippen molar-refractivity contribution in [1.29, 1.82) is 0 Å². The topological polar surface area (TPSA) is 12.5 Å². The molecule has 0 aliphatic rings. The van der Waals surface area contributed by atoms with E-state index < -0.39 is 0 Å². The molecule has 0 fully saturated rings. The normalized spacial score (nSPS) is 13.6. The molecular weight excluding hydrogens is 250 g/mol. The molecular formula is C9H20BrNOS. The molecule has 0 saturated heterocycles. The van der Waals surface area contributed by atoms with Gasteiger partial charge in [-0.15, -0.1) is 0 Å². The number of alkyl halides is 1. The molecule has 0 radical (unpaired) electrons. The maximum atomic E-state index is 5.05. The van der Waals surface area contributed by atoms with Crippen LogP contribution in [0.4, 0.5) is 0 Å². The first kappa shape index (κ1) is 13.8. The average Bonchev–Trinajstić information content (AvgIpc) is 2.05. The van der Waals surface area contributed by atoms with Crippen molar-refractivity contribution in [2.75, 3.05) is 45.4 Å². The summed E-state index contributed by atoms with van der Waals surface area (Å²) in [6, 6.07) is 0. The zero-order valence-corrected chi connectivity index (χ0v) is 11.2. The van der Waals surface area contributed by atoms with Crippen molar-refractivity contribution in [1.82, 2.24) is 4.90 Å². The molecule has 0 aromatic carbocycles. The summed E-state index contributed by atoms with van der Waals surface area (Å²) in [5.74, 6) is 2.43. The van der Waals surface area contributed by atoms with Gasteiger partial charge in [0.15, 0.2) is 0 Å². The van der Waals surface area contributed by atoms with Crippen LogP contribution < -0.4 is 0 Å². The van der Waals surface area contributed by atoms with Gasteiger partial charge < -0.3 is 9.64 Å². The minimum absolute atomic E-state index is 0.453. The van der Waals surface area contributed by atoms with Crippen LogP contribution in [0.25, 0.3) is 0 Å². The van der Waals surface area contributed by atoms with E-state index >= 15 is 0 Å². The monoisotopic (exact) mass is 269 g/mol. The fourth-order valence-electron chi connectivity index (χ4n) is 1.03. The Hall–Kier alpha value is 0.750. The molecule has 0 amide bonds. The summed E-state index contributed by atoms with van der Waals surface area (Å²) in [5, 5.41) is 0. The number of hydrogen-bond donors (Lipinski definition) is 0. The molecule has 0 aliphatic heterocycles. The van der Waals surface area contributed by atoms with Gasteiger partial charge in [0.1, 0.15) is 0 Å². The maximum absolute atomic E-state index is 5.05. The molecule has 1 unspecified atom stereocenters. The fourth-order valence-corrected chi connectivity index (χ4v) is 2.52. The second kappa shape index (κ2) is 9.31. The molecule has 0 rings (SSSR count). The summed E-state index contributed by atoms with van der Waals surface area (Å²) in [6.07, 6.45) is 0. The van der Waals surface area contributed by atoms with Gasteiger partial charge in [-0.1, -0.05) is 22.9 Å². The third kappa shape index (κ3) is 9.06. The Kier molecular flexibility index (Phi) is 9.85. The molecule has 0 saturated carbocycles. The first-order valence-electron chi connectivity index (χ1n) is 4.60. The van der Waals surface area contributed by atoms with E-state index in [-0.39, 0.29) is 0 Å². The van der Waals surface area contributed by atoms with E-state index in [1.165, 1.54) is 11.5 Å². The number of rotatable bonds is 8. The van der Waals surface area contributed by atoms with Crippen LogP contribution in [0.2, 0.25) is 0 Å². The van der Waals surface area contributed by atoms with Crippen LogP contribution in [-0.4, -0.2) is 55.1 Å². The molecule has 80 valence electrons. The van der Waals surface area contributed by atoms with Gasteiger partial charge in [0.2, 0.25) is 0 Å². The van der Waals surface area contributed by atoms with Gasteiger partial charge in [-0.2, -0.15) is 11.8 Å². The van der Waals surface area contributed by atoms with Crippen molar-refractivity contribution in [2.24, 2.45) is 0 Å². The Morgan fingerprint density at radius 1 is 1.54 bits per heavy atom. The standard InChI is InChI=1S/C9H20BrNOS/c1-4-13-6-5-11(2)7-9(10)8-12-3/h9H,4-8H2,1-3H3. The maximum Gasteiger partial charge on any atom is 0.0600 e. The number of nitrogens with zero attached hydrogens (tertiary/aromatic N) is 1. The van der Waals surface area contributed by atoms with Crippen molar-refractivity contribution in [3.05, 3.63) is 0 Å². The molecule has 0 aromatic rings. The van der Waals surface area contributed by atoms with E-state index in [2.05, 4.69) is 34.8 Å². The van der Waals surface area contributed by atoms with E-state index in [1.54, 1.807) is 7.11 Å². The first-order valence-corrected chi connectivity index (χ1v) is 6.67. The van der Waals surface area contributed by atoms with Crippen LogP contribution in [0.3, 0.4) is 0 Å².